The number of thiophene rings is 1. The topological polar surface area (TPSA) is 26.0 Å². The van der Waals surface area contributed by atoms with Crippen LogP contribution in [0.4, 0.5) is 4.39 Å². The maximum absolute atomic E-state index is 14.0. The summed E-state index contributed by atoms with van der Waals surface area (Å²) in [5.74, 6) is -0.416. The second-order valence-corrected chi connectivity index (χ2v) is 6.03. The summed E-state index contributed by atoms with van der Waals surface area (Å²) >= 11 is 7.49. The van der Waals surface area contributed by atoms with Crippen LogP contribution in [0.25, 0.3) is 10.1 Å². The molecule has 0 bridgehead atoms. The van der Waals surface area contributed by atoms with Crippen LogP contribution in [0.1, 0.15) is 17.2 Å². The first-order valence-corrected chi connectivity index (χ1v) is 7.57. The first kappa shape index (κ1) is 13.6. The number of fused-ring (bicyclic) bond motifs is 1. The zero-order valence-electron chi connectivity index (χ0n) is 10.6. The number of hydrogen-bond acceptors (Lipinski definition) is 2. The molecule has 1 unspecified atom stereocenters. The van der Waals surface area contributed by atoms with Crippen LogP contribution in [0.3, 0.4) is 0 Å². The van der Waals surface area contributed by atoms with E-state index in [9.17, 15) is 4.39 Å². The number of hydrogen-bond donors (Lipinski definition) is 1. The van der Waals surface area contributed by atoms with Crippen molar-refractivity contribution < 1.29 is 4.39 Å². The minimum Gasteiger partial charge on any atom is -0.324 e. The quantitative estimate of drug-likeness (QED) is 0.729. The Bertz CT molecular complexity index is 753. The van der Waals surface area contributed by atoms with Crippen molar-refractivity contribution in [1.29, 1.82) is 0 Å². The number of benzene rings is 2. The lowest BCUT2D eigenvalue weighted by Crippen LogP contribution is -2.15. The van der Waals surface area contributed by atoms with Gasteiger partial charge in [-0.25, -0.2) is 4.39 Å². The molecule has 0 radical (unpaired) electrons. The summed E-state index contributed by atoms with van der Waals surface area (Å²) in [4.78, 5) is 0. The van der Waals surface area contributed by atoms with Crippen LogP contribution >= 0.6 is 22.9 Å². The van der Waals surface area contributed by atoms with Gasteiger partial charge in [-0.3, -0.25) is 0 Å². The molecule has 4 heteroatoms. The molecule has 0 aliphatic heterocycles. The smallest absolute Gasteiger partial charge is 0.146 e. The summed E-state index contributed by atoms with van der Waals surface area (Å²) in [6.07, 6.45) is 0.598. The molecule has 0 aliphatic rings. The monoisotopic (exact) mass is 305 g/mol. The van der Waals surface area contributed by atoms with Crippen molar-refractivity contribution in [2.75, 3.05) is 0 Å². The average molecular weight is 306 g/mol. The zero-order chi connectivity index (χ0) is 14.1. The molecule has 0 aliphatic carbocycles. The molecule has 3 aromatic rings. The van der Waals surface area contributed by atoms with E-state index in [4.69, 9.17) is 17.3 Å². The summed E-state index contributed by atoms with van der Waals surface area (Å²) in [6, 6.07) is 12.7. The SMILES string of the molecule is NC(Cc1csc2ccccc12)c1cccc(Cl)c1F. The van der Waals surface area contributed by atoms with E-state index in [0.29, 0.717) is 12.0 Å². The van der Waals surface area contributed by atoms with Gasteiger partial charge in [0.1, 0.15) is 5.82 Å². The average Bonchev–Trinajstić information content (AvgIpc) is 2.85. The lowest BCUT2D eigenvalue weighted by molar-refractivity contribution is 0.581. The summed E-state index contributed by atoms with van der Waals surface area (Å²) in [5.41, 5.74) is 7.77. The third kappa shape index (κ3) is 2.44. The van der Waals surface area contributed by atoms with Crippen LogP contribution in [0.2, 0.25) is 5.02 Å². The highest BCUT2D eigenvalue weighted by molar-refractivity contribution is 7.17. The molecule has 0 saturated heterocycles. The molecular formula is C16H13ClFNS. The highest BCUT2D eigenvalue weighted by Crippen LogP contribution is 2.30. The van der Waals surface area contributed by atoms with Gasteiger partial charge in [0, 0.05) is 16.3 Å². The predicted octanol–water partition coefficient (Wildman–Crippen LogP) is 4.94. The van der Waals surface area contributed by atoms with Gasteiger partial charge in [-0.2, -0.15) is 0 Å². The Morgan fingerprint density at radius 2 is 1.95 bits per heavy atom. The molecule has 2 N–H and O–H groups in total. The van der Waals surface area contributed by atoms with E-state index < -0.39 is 11.9 Å². The van der Waals surface area contributed by atoms with Crippen LogP contribution < -0.4 is 5.73 Å². The molecule has 1 aromatic heterocycles. The van der Waals surface area contributed by atoms with E-state index in [1.54, 1.807) is 23.5 Å². The van der Waals surface area contributed by atoms with Crippen LogP contribution in [0.15, 0.2) is 47.8 Å². The molecule has 2 aromatic carbocycles. The lowest BCUT2D eigenvalue weighted by atomic mass is 9.99. The van der Waals surface area contributed by atoms with Gasteiger partial charge in [0.15, 0.2) is 0 Å². The molecule has 0 spiro atoms. The molecule has 20 heavy (non-hydrogen) atoms. The van der Waals surface area contributed by atoms with Gasteiger partial charge in [-0.15, -0.1) is 11.3 Å². The normalized spacial score (nSPS) is 12.8. The molecule has 1 heterocycles. The maximum atomic E-state index is 14.0. The van der Waals surface area contributed by atoms with Crippen molar-refractivity contribution in [3.8, 4) is 0 Å². The molecule has 0 fully saturated rings. The van der Waals surface area contributed by atoms with Gasteiger partial charge in [-0.1, -0.05) is 41.9 Å². The Kier molecular flexibility index (Phi) is 3.74. The van der Waals surface area contributed by atoms with Gasteiger partial charge in [0.05, 0.1) is 5.02 Å². The van der Waals surface area contributed by atoms with Crippen LogP contribution in [-0.2, 0) is 6.42 Å². The zero-order valence-corrected chi connectivity index (χ0v) is 12.2. The van der Waals surface area contributed by atoms with Crippen LogP contribution in [0.5, 0.6) is 0 Å². The maximum Gasteiger partial charge on any atom is 0.146 e. The van der Waals surface area contributed by atoms with Crippen molar-refractivity contribution in [3.05, 3.63) is 69.8 Å². The van der Waals surface area contributed by atoms with Crippen LogP contribution in [0, 0.1) is 5.82 Å². The van der Waals surface area contributed by atoms with Gasteiger partial charge in [-0.05, 0) is 34.9 Å². The van der Waals surface area contributed by atoms with Crippen molar-refractivity contribution >= 4 is 33.0 Å². The Labute approximate surface area is 125 Å². The summed E-state index contributed by atoms with van der Waals surface area (Å²) in [6.45, 7) is 0. The third-order valence-electron chi connectivity index (χ3n) is 3.38. The molecule has 102 valence electrons. The van der Waals surface area contributed by atoms with E-state index in [0.717, 1.165) is 5.56 Å². The Hall–Kier alpha value is -1.42. The van der Waals surface area contributed by atoms with Crippen molar-refractivity contribution in [2.24, 2.45) is 5.73 Å². The molecule has 1 nitrogen and oxygen atoms in total. The van der Waals surface area contributed by atoms with E-state index in [1.165, 1.54) is 16.2 Å². The Morgan fingerprint density at radius 1 is 1.15 bits per heavy atom. The van der Waals surface area contributed by atoms with E-state index in [-0.39, 0.29) is 5.02 Å². The summed E-state index contributed by atoms with van der Waals surface area (Å²) in [5, 5.41) is 3.40. The second kappa shape index (κ2) is 5.52. The lowest BCUT2D eigenvalue weighted by Gasteiger charge is -2.13. The van der Waals surface area contributed by atoms with Gasteiger partial charge >= 0.3 is 0 Å². The molecule has 1 atom stereocenters. The number of halogens is 2. The fourth-order valence-corrected chi connectivity index (χ4v) is 3.50. The van der Waals surface area contributed by atoms with Crippen molar-refractivity contribution in [1.82, 2.24) is 0 Å². The van der Waals surface area contributed by atoms with Crippen LogP contribution in [-0.4, -0.2) is 0 Å². The minimum atomic E-state index is -0.416. The highest BCUT2D eigenvalue weighted by Gasteiger charge is 2.16. The summed E-state index contributed by atoms with van der Waals surface area (Å²) < 4.78 is 15.2. The van der Waals surface area contributed by atoms with Crippen molar-refractivity contribution in [2.45, 2.75) is 12.5 Å². The highest BCUT2D eigenvalue weighted by atomic mass is 35.5. The third-order valence-corrected chi connectivity index (χ3v) is 4.69. The first-order valence-electron chi connectivity index (χ1n) is 6.31. The molecule has 0 saturated carbocycles. The number of rotatable bonds is 3. The fourth-order valence-electron chi connectivity index (χ4n) is 2.34. The van der Waals surface area contributed by atoms with Crippen molar-refractivity contribution in [3.63, 3.8) is 0 Å². The van der Waals surface area contributed by atoms with E-state index >= 15 is 0 Å². The first-order chi connectivity index (χ1) is 9.66. The van der Waals surface area contributed by atoms with Gasteiger partial charge < -0.3 is 5.73 Å². The summed E-state index contributed by atoms with van der Waals surface area (Å²) in [7, 11) is 0. The largest absolute Gasteiger partial charge is 0.324 e. The standard InChI is InChI=1S/C16H13ClFNS/c17-13-6-3-5-12(16(13)18)14(19)8-10-9-20-15-7-2-1-4-11(10)15/h1-7,9,14H,8,19H2. The Balaban J connectivity index is 1.92. The minimum absolute atomic E-state index is 0.119. The molecule has 3 rings (SSSR count). The predicted molar refractivity (Wildman–Crippen MR) is 83.9 cm³/mol. The Morgan fingerprint density at radius 3 is 2.80 bits per heavy atom. The molecule has 0 amide bonds. The van der Waals surface area contributed by atoms with E-state index in [1.807, 2.05) is 12.1 Å². The number of nitrogens with two attached hydrogens (primary N) is 1. The molecular weight excluding hydrogens is 293 g/mol. The van der Waals surface area contributed by atoms with Gasteiger partial charge in [0.25, 0.3) is 0 Å². The second-order valence-electron chi connectivity index (χ2n) is 4.71. The fraction of sp³-hybridized carbons (Fsp3) is 0.125. The van der Waals surface area contributed by atoms with Gasteiger partial charge in [0.2, 0.25) is 0 Å². The van der Waals surface area contributed by atoms with E-state index in [2.05, 4.69) is 17.5 Å².